The van der Waals surface area contributed by atoms with Crippen LogP contribution in [-0.2, 0) is 4.79 Å². The van der Waals surface area contributed by atoms with Crippen molar-refractivity contribution >= 4 is 23.4 Å². The minimum absolute atomic E-state index is 0.0415. The first-order valence-electron chi connectivity index (χ1n) is 4.45. The molecule has 1 unspecified atom stereocenters. The quantitative estimate of drug-likeness (QED) is 0.828. The van der Waals surface area contributed by atoms with Gasteiger partial charge in [-0.1, -0.05) is 6.92 Å². The van der Waals surface area contributed by atoms with Gasteiger partial charge in [-0.25, -0.2) is 0 Å². The van der Waals surface area contributed by atoms with Gasteiger partial charge in [0.25, 0.3) is 0 Å². The number of pyridine rings is 1. The number of hydrogen-bond acceptors (Lipinski definition) is 3. The molecule has 0 saturated carbocycles. The molecule has 0 aliphatic rings. The van der Waals surface area contributed by atoms with Crippen molar-refractivity contribution in [3.05, 3.63) is 24.5 Å². The van der Waals surface area contributed by atoms with E-state index in [4.69, 9.17) is 0 Å². The molecule has 0 aliphatic carbocycles. The third-order valence-electron chi connectivity index (χ3n) is 1.82. The second-order valence-corrected chi connectivity index (χ2v) is 4.32. The lowest BCUT2D eigenvalue weighted by Gasteiger charge is -2.08. The lowest BCUT2D eigenvalue weighted by atomic mass is 10.3. The summed E-state index contributed by atoms with van der Waals surface area (Å²) in [4.78, 5) is 15.3. The van der Waals surface area contributed by atoms with Crippen LogP contribution in [0.1, 0.15) is 13.3 Å². The molecule has 76 valence electrons. The number of aromatic nitrogens is 1. The molecule has 0 spiro atoms. The van der Waals surface area contributed by atoms with Crippen LogP contribution in [0.3, 0.4) is 0 Å². The van der Waals surface area contributed by atoms with Gasteiger partial charge in [0.15, 0.2) is 0 Å². The fourth-order valence-electron chi connectivity index (χ4n) is 0.993. The van der Waals surface area contributed by atoms with Crippen molar-refractivity contribution in [2.45, 2.75) is 18.6 Å². The maximum Gasteiger partial charge on any atom is 0.225 e. The van der Waals surface area contributed by atoms with Crippen molar-refractivity contribution in [3.8, 4) is 0 Å². The molecule has 3 nitrogen and oxygen atoms in total. The van der Waals surface area contributed by atoms with Gasteiger partial charge in [0, 0.05) is 17.9 Å². The maximum atomic E-state index is 11.4. The minimum Gasteiger partial charge on any atom is -0.325 e. The molecule has 0 aliphatic heterocycles. The van der Waals surface area contributed by atoms with E-state index < -0.39 is 0 Å². The second kappa shape index (κ2) is 5.65. The molecule has 1 N–H and O–H groups in total. The molecule has 1 amide bonds. The first kappa shape index (κ1) is 11.0. The second-order valence-electron chi connectivity index (χ2n) is 3.04. The maximum absolute atomic E-state index is 11.4. The zero-order valence-corrected chi connectivity index (χ0v) is 9.17. The normalized spacial score (nSPS) is 12.1. The Morgan fingerprint density at radius 1 is 1.71 bits per heavy atom. The molecule has 14 heavy (non-hydrogen) atoms. The minimum atomic E-state index is 0.0415. The van der Waals surface area contributed by atoms with Gasteiger partial charge in [-0.15, -0.1) is 0 Å². The third-order valence-corrected chi connectivity index (χ3v) is 2.79. The van der Waals surface area contributed by atoms with E-state index in [1.165, 1.54) is 0 Å². The number of thioether (sulfide) groups is 1. The highest BCUT2D eigenvalue weighted by Crippen LogP contribution is 2.11. The van der Waals surface area contributed by atoms with Crippen LogP contribution < -0.4 is 5.32 Å². The van der Waals surface area contributed by atoms with Crippen LogP contribution in [0.15, 0.2) is 24.5 Å². The van der Waals surface area contributed by atoms with E-state index >= 15 is 0 Å². The monoisotopic (exact) mass is 210 g/mol. The number of amides is 1. The van der Waals surface area contributed by atoms with Gasteiger partial charge >= 0.3 is 0 Å². The third kappa shape index (κ3) is 3.79. The van der Waals surface area contributed by atoms with Crippen LogP contribution in [0.5, 0.6) is 0 Å². The Morgan fingerprint density at radius 2 is 2.50 bits per heavy atom. The van der Waals surface area contributed by atoms with Gasteiger partial charge in [-0.3, -0.25) is 9.78 Å². The molecule has 1 aromatic rings. The molecule has 0 radical (unpaired) electrons. The highest BCUT2D eigenvalue weighted by Gasteiger charge is 2.07. The molecular weight excluding hydrogens is 196 g/mol. The molecule has 4 heteroatoms. The lowest BCUT2D eigenvalue weighted by molar-refractivity contribution is -0.116. The summed E-state index contributed by atoms with van der Waals surface area (Å²) in [5, 5.41) is 3.15. The summed E-state index contributed by atoms with van der Waals surface area (Å²) in [6.45, 7) is 2.04. The van der Waals surface area contributed by atoms with Gasteiger partial charge < -0.3 is 5.32 Å². The Labute approximate surface area is 88.3 Å². The Hall–Kier alpha value is -1.03. The van der Waals surface area contributed by atoms with Crippen molar-refractivity contribution < 1.29 is 4.79 Å². The summed E-state index contributed by atoms with van der Waals surface area (Å²) in [7, 11) is 0. The van der Waals surface area contributed by atoms with E-state index in [0.29, 0.717) is 11.7 Å². The number of hydrogen-bond donors (Lipinski definition) is 1. The number of carbonyl (C=O) groups excluding carboxylic acids is 1. The fourth-order valence-corrected chi connectivity index (χ4v) is 1.31. The molecule has 0 fully saturated rings. The van der Waals surface area contributed by atoms with Crippen LogP contribution in [-0.4, -0.2) is 22.4 Å². The highest BCUT2D eigenvalue weighted by molar-refractivity contribution is 7.99. The fraction of sp³-hybridized carbons (Fsp3) is 0.400. The van der Waals surface area contributed by atoms with Gasteiger partial charge in [0.1, 0.15) is 0 Å². The van der Waals surface area contributed by atoms with Crippen LogP contribution in [0.4, 0.5) is 5.69 Å². The number of carbonyl (C=O) groups is 1. The smallest absolute Gasteiger partial charge is 0.225 e. The molecule has 1 aromatic heterocycles. The summed E-state index contributed by atoms with van der Waals surface area (Å²) in [5.41, 5.74) is 0.755. The van der Waals surface area contributed by atoms with E-state index in [0.717, 1.165) is 5.69 Å². The Bertz CT molecular complexity index is 289. The molecule has 0 aromatic carbocycles. The van der Waals surface area contributed by atoms with Crippen LogP contribution >= 0.6 is 11.8 Å². The van der Waals surface area contributed by atoms with Crippen LogP contribution in [0.25, 0.3) is 0 Å². The summed E-state index contributed by atoms with van der Waals surface area (Å²) in [5.74, 6) is 0.0415. The number of nitrogens with zero attached hydrogens (tertiary/aromatic N) is 1. The number of rotatable bonds is 4. The summed E-state index contributed by atoms with van der Waals surface area (Å²) in [6.07, 6.45) is 5.86. The van der Waals surface area contributed by atoms with Crippen molar-refractivity contribution in [2.24, 2.45) is 0 Å². The van der Waals surface area contributed by atoms with Crippen molar-refractivity contribution in [1.82, 2.24) is 4.98 Å². The average Bonchev–Trinajstić information content (AvgIpc) is 2.19. The summed E-state index contributed by atoms with van der Waals surface area (Å²) in [6, 6.07) is 3.63. The van der Waals surface area contributed by atoms with E-state index in [9.17, 15) is 4.79 Å². The summed E-state index contributed by atoms with van der Waals surface area (Å²) >= 11 is 1.69. The van der Waals surface area contributed by atoms with Crippen molar-refractivity contribution in [2.75, 3.05) is 11.6 Å². The first-order chi connectivity index (χ1) is 6.72. The Kier molecular flexibility index (Phi) is 4.46. The molecular formula is C10H14N2OS. The van der Waals surface area contributed by atoms with Gasteiger partial charge in [0.05, 0.1) is 11.9 Å². The van der Waals surface area contributed by atoms with Crippen LogP contribution in [0, 0.1) is 0 Å². The Balaban J connectivity index is 2.42. The zero-order valence-electron chi connectivity index (χ0n) is 8.36. The first-order valence-corrected chi connectivity index (χ1v) is 5.74. The SMILES string of the molecule is CSC(C)CC(=O)Nc1cccnc1. The largest absolute Gasteiger partial charge is 0.325 e. The zero-order chi connectivity index (χ0) is 10.4. The average molecular weight is 210 g/mol. The molecule has 1 rings (SSSR count). The van der Waals surface area contributed by atoms with Crippen molar-refractivity contribution in [3.63, 3.8) is 0 Å². The van der Waals surface area contributed by atoms with Crippen molar-refractivity contribution in [1.29, 1.82) is 0 Å². The number of anilines is 1. The molecule has 0 saturated heterocycles. The highest BCUT2D eigenvalue weighted by atomic mass is 32.2. The van der Waals surface area contributed by atoms with E-state index in [1.807, 2.05) is 19.2 Å². The Morgan fingerprint density at radius 3 is 3.07 bits per heavy atom. The standard InChI is InChI=1S/C10H14N2OS/c1-8(14-2)6-10(13)12-9-4-3-5-11-7-9/h3-5,7-8H,6H2,1-2H3,(H,12,13). The summed E-state index contributed by atoms with van der Waals surface area (Å²) < 4.78 is 0. The van der Waals surface area contributed by atoms with Crippen LogP contribution in [0.2, 0.25) is 0 Å². The van der Waals surface area contributed by atoms with E-state index in [2.05, 4.69) is 10.3 Å². The van der Waals surface area contributed by atoms with E-state index in [-0.39, 0.29) is 5.91 Å². The topological polar surface area (TPSA) is 42.0 Å². The van der Waals surface area contributed by atoms with Gasteiger partial charge in [0.2, 0.25) is 5.91 Å². The van der Waals surface area contributed by atoms with Gasteiger partial charge in [-0.2, -0.15) is 11.8 Å². The van der Waals surface area contributed by atoms with Gasteiger partial charge in [-0.05, 0) is 18.4 Å². The molecule has 1 atom stereocenters. The predicted molar refractivity (Wildman–Crippen MR) is 60.5 cm³/mol. The lowest BCUT2D eigenvalue weighted by Crippen LogP contribution is -2.15. The number of nitrogens with one attached hydrogen (secondary N) is 1. The molecule has 1 heterocycles. The molecule has 0 bridgehead atoms. The predicted octanol–water partition coefficient (Wildman–Crippen LogP) is 2.16. The van der Waals surface area contributed by atoms with E-state index in [1.54, 1.807) is 30.2 Å².